The molecule has 1 N–H and O–H groups in total. The van der Waals surface area contributed by atoms with E-state index in [-0.39, 0.29) is 33.5 Å². The molecule has 1 aliphatic rings. The standard InChI is InChI=1S/C37H29F2N5O3S2/c1-21-16-28(33(38)39)43-35(27(21)19-40)48-20-25-17-23(14-15-29(25)47-3)18-30-36(46)44-32(24-10-6-4-7-11-24)31(22(2)41-37(44)49-30)34(45)42-26-12-8-5-9-13-26/h4-18,32-33H,20H2,1-3H3,(H,42,45)/t32-/m1/s1. The lowest BCUT2D eigenvalue weighted by atomic mass is 9.95. The van der Waals surface area contributed by atoms with Gasteiger partial charge in [0.05, 0.1) is 34.5 Å². The minimum absolute atomic E-state index is 0.210. The zero-order valence-electron chi connectivity index (χ0n) is 26.6. The number of allylic oxidation sites excluding steroid dienone is 1. The Balaban J connectivity index is 1.38. The zero-order chi connectivity index (χ0) is 34.7. The van der Waals surface area contributed by atoms with Gasteiger partial charge < -0.3 is 10.1 Å². The molecule has 0 saturated carbocycles. The van der Waals surface area contributed by atoms with Gasteiger partial charge in [0.1, 0.15) is 22.5 Å². The van der Waals surface area contributed by atoms with E-state index in [1.54, 1.807) is 42.7 Å². The van der Waals surface area contributed by atoms with E-state index in [9.17, 15) is 23.6 Å². The number of halogens is 2. The Hall–Kier alpha value is -5.38. The second-order valence-electron chi connectivity index (χ2n) is 11.1. The van der Waals surface area contributed by atoms with Crippen LogP contribution in [-0.4, -0.2) is 22.6 Å². The number of rotatable bonds is 9. The number of hydrogen-bond acceptors (Lipinski definition) is 8. The molecule has 0 spiro atoms. The molecule has 0 saturated heterocycles. The van der Waals surface area contributed by atoms with Crippen molar-refractivity contribution < 1.29 is 18.3 Å². The van der Waals surface area contributed by atoms with E-state index < -0.39 is 12.5 Å². The summed E-state index contributed by atoms with van der Waals surface area (Å²) in [5, 5.41) is 12.8. The molecule has 1 aliphatic heterocycles. The number of methoxy groups -OCH3 is 1. The first kappa shape index (κ1) is 33.5. The Morgan fingerprint density at radius 2 is 1.82 bits per heavy atom. The molecule has 0 bridgehead atoms. The summed E-state index contributed by atoms with van der Waals surface area (Å²) >= 11 is 2.38. The van der Waals surface area contributed by atoms with Crippen LogP contribution in [0.15, 0.2) is 111 Å². The molecule has 0 radical (unpaired) electrons. The number of amides is 1. The van der Waals surface area contributed by atoms with Gasteiger partial charge in [-0.05, 0) is 66.9 Å². The van der Waals surface area contributed by atoms with Gasteiger partial charge in [0.2, 0.25) is 0 Å². The summed E-state index contributed by atoms with van der Waals surface area (Å²) < 4.78 is 34.5. The number of aromatic nitrogens is 2. The van der Waals surface area contributed by atoms with Crippen LogP contribution in [0.5, 0.6) is 5.75 Å². The third-order valence-electron chi connectivity index (χ3n) is 7.92. The Kier molecular flexibility index (Phi) is 9.85. The monoisotopic (exact) mass is 693 g/mol. The summed E-state index contributed by atoms with van der Waals surface area (Å²) in [5.41, 5.74) is 3.67. The number of pyridine rings is 1. The Morgan fingerprint density at radius 1 is 1.10 bits per heavy atom. The lowest BCUT2D eigenvalue weighted by Gasteiger charge is -2.25. The molecule has 5 aromatic rings. The summed E-state index contributed by atoms with van der Waals surface area (Å²) in [5.74, 6) is 0.476. The number of nitriles is 1. The minimum Gasteiger partial charge on any atom is -0.496 e. The van der Waals surface area contributed by atoms with E-state index in [2.05, 4.69) is 16.4 Å². The first-order valence-corrected chi connectivity index (χ1v) is 16.9. The summed E-state index contributed by atoms with van der Waals surface area (Å²) in [6.45, 7) is 3.38. The van der Waals surface area contributed by atoms with Crippen molar-refractivity contribution >= 4 is 40.8 Å². The molecule has 0 unspecified atom stereocenters. The van der Waals surface area contributed by atoms with Crippen molar-refractivity contribution in [3.05, 3.63) is 149 Å². The lowest BCUT2D eigenvalue weighted by Crippen LogP contribution is -2.40. The number of nitrogens with one attached hydrogen (secondary N) is 1. The highest BCUT2D eigenvalue weighted by atomic mass is 32.2. The molecule has 3 aromatic carbocycles. The first-order valence-electron chi connectivity index (χ1n) is 15.1. The lowest BCUT2D eigenvalue weighted by molar-refractivity contribution is -0.113. The van der Waals surface area contributed by atoms with Gasteiger partial charge in [-0.1, -0.05) is 65.9 Å². The number of fused-ring (bicyclic) bond motifs is 1. The highest BCUT2D eigenvalue weighted by Gasteiger charge is 2.32. The molecule has 8 nitrogen and oxygen atoms in total. The van der Waals surface area contributed by atoms with Gasteiger partial charge in [0.25, 0.3) is 17.9 Å². The van der Waals surface area contributed by atoms with E-state index in [1.165, 1.54) is 24.5 Å². The summed E-state index contributed by atoms with van der Waals surface area (Å²) in [6.07, 6.45) is -1.01. The summed E-state index contributed by atoms with van der Waals surface area (Å²) in [7, 11) is 1.53. The van der Waals surface area contributed by atoms with Gasteiger partial charge in [-0.25, -0.2) is 18.8 Å². The number of aryl methyl sites for hydroxylation is 1. The molecule has 12 heteroatoms. The maximum atomic E-state index is 14.1. The van der Waals surface area contributed by atoms with Crippen LogP contribution in [-0.2, 0) is 10.5 Å². The molecule has 0 fully saturated rings. The summed E-state index contributed by atoms with van der Waals surface area (Å²) in [6, 6.07) is 26.5. The first-order chi connectivity index (χ1) is 23.7. The zero-order valence-corrected chi connectivity index (χ0v) is 28.2. The predicted molar refractivity (Wildman–Crippen MR) is 186 cm³/mol. The number of benzene rings is 3. The topological polar surface area (TPSA) is 109 Å². The van der Waals surface area contributed by atoms with Gasteiger partial charge in [0.15, 0.2) is 4.80 Å². The highest BCUT2D eigenvalue weighted by Crippen LogP contribution is 2.33. The van der Waals surface area contributed by atoms with Gasteiger partial charge in [-0.2, -0.15) is 5.26 Å². The van der Waals surface area contributed by atoms with Crippen molar-refractivity contribution in [3.8, 4) is 11.8 Å². The Morgan fingerprint density at radius 3 is 2.49 bits per heavy atom. The number of ether oxygens (including phenoxy) is 1. The fraction of sp³-hybridized carbons (Fsp3) is 0.162. The van der Waals surface area contributed by atoms with Crippen LogP contribution in [0.4, 0.5) is 14.5 Å². The fourth-order valence-electron chi connectivity index (χ4n) is 5.60. The van der Waals surface area contributed by atoms with E-state index in [0.717, 1.165) is 22.9 Å². The normalized spacial score (nSPS) is 14.3. The van der Waals surface area contributed by atoms with Crippen molar-refractivity contribution in [2.75, 3.05) is 12.4 Å². The molecular formula is C37H29F2N5O3S2. The van der Waals surface area contributed by atoms with E-state index in [4.69, 9.17) is 9.73 Å². The molecule has 1 atom stereocenters. The van der Waals surface area contributed by atoms with E-state index in [1.807, 2.05) is 60.7 Å². The number of thioether (sulfide) groups is 1. The fourth-order valence-corrected chi connectivity index (χ4v) is 7.69. The van der Waals surface area contributed by atoms with Crippen molar-refractivity contribution in [3.63, 3.8) is 0 Å². The molecular weight excluding hydrogens is 665 g/mol. The number of anilines is 1. The molecule has 1 amide bonds. The molecule has 246 valence electrons. The van der Waals surface area contributed by atoms with Crippen LogP contribution in [0.2, 0.25) is 0 Å². The summed E-state index contributed by atoms with van der Waals surface area (Å²) in [4.78, 5) is 37.1. The van der Waals surface area contributed by atoms with Gasteiger partial charge in [0, 0.05) is 17.0 Å². The van der Waals surface area contributed by atoms with Crippen LogP contribution in [0.25, 0.3) is 6.08 Å². The number of carbonyl (C=O) groups excluding carboxylic acids is 1. The predicted octanol–water partition coefficient (Wildman–Crippen LogP) is 6.69. The average Bonchev–Trinajstić information content (AvgIpc) is 3.40. The van der Waals surface area contributed by atoms with Crippen LogP contribution in [0, 0.1) is 18.3 Å². The third kappa shape index (κ3) is 6.95. The largest absolute Gasteiger partial charge is 0.496 e. The van der Waals surface area contributed by atoms with Crippen molar-refractivity contribution in [1.82, 2.24) is 9.55 Å². The molecule has 49 heavy (non-hydrogen) atoms. The second-order valence-corrected chi connectivity index (χ2v) is 13.1. The number of hydrogen-bond donors (Lipinski definition) is 1. The van der Waals surface area contributed by atoms with Gasteiger partial charge in [-0.3, -0.25) is 14.2 Å². The number of nitrogens with zero attached hydrogens (tertiary/aromatic N) is 4. The van der Waals surface area contributed by atoms with Crippen LogP contribution in [0.3, 0.4) is 0 Å². The maximum Gasteiger partial charge on any atom is 0.280 e. The van der Waals surface area contributed by atoms with E-state index >= 15 is 0 Å². The van der Waals surface area contributed by atoms with Crippen molar-refractivity contribution in [2.45, 2.75) is 37.1 Å². The number of carbonyl (C=O) groups is 1. The SMILES string of the molecule is COc1ccc(C=c2sc3n(c2=O)[C@H](c2ccccc2)C(C(=O)Nc2ccccc2)=C(C)N=3)cc1CSc1nc(C(F)F)cc(C)c1C#N. The van der Waals surface area contributed by atoms with Crippen LogP contribution < -0.4 is 24.9 Å². The molecule has 0 aliphatic carbocycles. The molecule has 6 rings (SSSR count). The number of alkyl halides is 2. The number of thiazole rings is 1. The van der Waals surface area contributed by atoms with Crippen LogP contribution in [0.1, 0.15) is 52.9 Å². The second kappa shape index (κ2) is 14.4. The minimum atomic E-state index is -2.77. The van der Waals surface area contributed by atoms with Gasteiger partial charge in [-0.15, -0.1) is 11.8 Å². The van der Waals surface area contributed by atoms with Crippen LogP contribution >= 0.6 is 23.1 Å². The van der Waals surface area contributed by atoms with Crippen molar-refractivity contribution in [2.24, 2.45) is 4.99 Å². The maximum absolute atomic E-state index is 14.1. The molecule has 2 aromatic heterocycles. The third-order valence-corrected chi connectivity index (χ3v) is 9.93. The van der Waals surface area contributed by atoms with Gasteiger partial charge >= 0.3 is 0 Å². The number of para-hydroxylation sites is 1. The Labute approximate surface area is 288 Å². The Bertz CT molecular complexity index is 2310. The van der Waals surface area contributed by atoms with Crippen molar-refractivity contribution in [1.29, 1.82) is 5.26 Å². The van der Waals surface area contributed by atoms with E-state index in [0.29, 0.717) is 43.2 Å². The average molecular weight is 694 g/mol. The molecule has 3 heterocycles. The quantitative estimate of drug-likeness (QED) is 0.173. The smallest absolute Gasteiger partial charge is 0.280 e. The highest BCUT2D eigenvalue weighted by molar-refractivity contribution is 7.98.